The zero-order valence-corrected chi connectivity index (χ0v) is 19.3. The van der Waals surface area contributed by atoms with Gasteiger partial charge in [-0.2, -0.15) is 5.26 Å². The lowest BCUT2D eigenvalue weighted by molar-refractivity contribution is 0.242. The molecule has 0 unspecified atom stereocenters. The van der Waals surface area contributed by atoms with Crippen LogP contribution in [0.15, 0.2) is 42.6 Å². The number of hydrogen-bond donors (Lipinski definition) is 1. The second-order valence-corrected chi connectivity index (χ2v) is 9.21. The summed E-state index contributed by atoms with van der Waals surface area (Å²) >= 11 is 3.04. The van der Waals surface area contributed by atoms with Gasteiger partial charge in [-0.1, -0.05) is 37.1 Å². The molecule has 4 nitrogen and oxygen atoms in total. The molecule has 0 saturated heterocycles. The van der Waals surface area contributed by atoms with Crippen molar-refractivity contribution in [3.63, 3.8) is 0 Å². The third-order valence-corrected chi connectivity index (χ3v) is 6.21. The Labute approximate surface area is 187 Å². The van der Waals surface area contributed by atoms with E-state index in [1.54, 1.807) is 11.3 Å². The number of fused-ring (bicyclic) bond motifs is 1. The molecule has 3 aromatic rings. The van der Waals surface area contributed by atoms with Crippen molar-refractivity contribution in [1.29, 1.82) is 5.26 Å². The molecular weight excluding hydrogens is 410 g/mol. The van der Waals surface area contributed by atoms with Gasteiger partial charge in [-0.05, 0) is 68.0 Å². The van der Waals surface area contributed by atoms with Gasteiger partial charge in [0.25, 0.3) is 0 Å². The largest absolute Gasteiger partial charge is 0.490 e. The summed E-state index contributed by atoms with van der Waals surface area (Å²) in [5.74, 6) is 1.64. The first kappa shape index (κ1) is 22.4. The fourth-order valence-electron chi connectivity index (χ4n) is 3.49. The van der Waals surface area contributed by atoms with E-state index < -0.39 is 0 Å². The van der Waals surface area contributed by atoms with Crippen LogP contribution in [-0.4, -0.2) is 16.8 Å². The quantitative estimate of drug-likeness (QED) is 0.479. The molecule has 1 aliphatic rings. The third-order valence-electron chi connectivity index (χ3n) is 4.79. The minimum absolute atomic E-state index is 0.0413. The van der Waals surface area contributed by atoms with Crippen molar-refractivity contribution in [2.45, 2.75) is 46.1 Å². The molecule has 0 fully saturated rings. The van der Waals surface area contributed by atoms with E-state index in [9.17, 15) is 5.26 Å². The summed E-state index contributed by atoms with van der Waals surface area (Å²) in [6, 6.07) is 14.5. The summed E-state index contributed by atoms with van der Waals surface area (Å²) < 4.78 is 5.71. The first-order chi connectivity index (χ1) is 14.6. The molecule has 2 aromatic carbocycles. The smallest absolute Gasteiger partial charge is 0.137 e. The van der Waals surface area contributed by atoms with Crippen molar-refractivity contribution in [2.24, 2.45) is 5.14 Å². The minimum Gasteiger partial charge on any atom is -0.490 e. The topological polar surface area (TPSA) is 71.9 Å². The number of benzene rings is 2. The van der Waals surface area contributed by atoms with Gasteiger partial charge >= 0.3 is 0 Å². The highest BCUT2D eigenvalue weighted by molar-refractivity contribution is 7.97. The summed E-state index contributed by atoms with van der Waals surface area (Å²) in [5.41, 5.74) is 5.76. The van der Waals surface area contributed by atoms with Crippen LogP contribution in [0, 0.1) is 11.3 Å². The van der Waals surface area contributed by atoms with E-state index in [1.165, 1.54) is 46.4 Å². The second-order valence-electron chi connectivity index (χ2n) is 7.27. The van der Waals surface area contributed by atoms with Crippen LogP contribution in [-0.2, 0) is 12.8 Å². The predicted octanol–water partition coefficient (Wildman–Crippen LogP) is 6.24. The Balaban J connectivity index is 0.000000589. The highest BCUT2D eigenvalue weighted by Gasteiger charge is 2.17. The Kier molecular flexibility index (Phi) is 7.92. The SMILES string of the molecule is CC(C)Oc1ccc(-c2ncc(-c3cccc4c3CCC4)s2)cc1C#N.CCSN. The van der Waals surface area contributed by atoms with Crippen LogP contribution in [0.4, 0.5) is 0 Å². The zero-order valence-electron chi connectivity index (χ0n) is 17.6. The summed E-state index contributed by atoms with van der Waals surface area (Å²) in [6.07, 6.45) is 5.56. The first-order valence-electron chi connectivity index (χ1n) is 10.2. The lowest BCUT2D eigenvalue weighted by Gasteiger charge is -2.11. The van der Waals surface area contributed by atoms with E-state index >= 15 is 0 Å². The van der Waals surface area contributed by atoms with E-state index in [0.717, 1.165) is 22.7 Å². The van der Waals surface area contributed by atoms with Gasteiger partial charge in [0.2, 0.25) is 0 Å². The molecule has 0 spiro atoms. The van der Waals surface area contributed by atoms with Gasteiger partial charge in [0.15, 0.2) is 0 Å². The maximum absolute atomic E-state index is 9.44. The Hall–Kier alpha value is -2.33. The molecule has 0 atom stereocenters. The molecule has 0 radical (unpaired) electrons. The van der Waals surface area contributed by atoms with E-state index in [1.807, 2.05) is 45.2 Å². The molecular formula is C24H27N3OS2. The van der Waals surface area contributed by atoms with Gasteiger partial charge in [-0.25, -0.2) is 4.98 Å². The molecule has 0 aliphatic heterocycles. The minimum atomic E-state index is 0.0413. The zero-order chi connectivity index (χ0) is 21.5. The maximum Gasteiger partial charge on any atom is 0.137 e. The summed E-state index contributed by atoms with van der Waals surface area (Å²) in [5, 5.41) is 15.3. The lowest BCUT2D eigenvalue weighted by atomic mass is 10.0. The highest BCUT2D eigenvalue weighted by Crippen LogP contribution is 2.38. The number of aromatic nitrogens is 1. The number of thiazole rings is 1. The monoisotopic (exact) mass is 437 g/mol. The fourth-order valence-corrected chi connectivity index (χ4v) is 4.45. The Bertz CT molecular complexity index is 1040. The standard InChI is InChI=1S/C22H20N2OS.C2H7NS/c1-14(2)25-20-10-9-16(11-17(20)12-23)22-24-13-21(26-22)19-8-4-6-15-5-3-7-18(15)19;1-2-4-3/h4,6,8-11,13-14H,3,5,7H2,1-2H3;2-3H2,1H3. The van der Waals surface area contributed by atoms with Crippen LogP contribution in [0.3, 0.4) is 0 Å². The predicted molar refractivity (Wildman–Crippen MR) is 128 cm³/mol. The fraction of sp³-hybridized carbons (Fsp3) is 0.333. The molecule has 6 heteroatoms. The maximum atomic E-state index is 9.44. The summed E-state index contributed by atoms with van der Waals surface area (Å²) in [4.78, 5) is 5.82. The van der Waals surface area contributed by atoms with Crippen LogP contribution in [0.25, 0.3) is 21.0 Å². The number of hydrogen-bond acceptors (Lipinski definition) is 6. The molecule has 0 saturated carbocycles. The van der Waals surface area contributed by atoms with Gasteiger partial charge in [0.05, 0.1) is 16.5 Å². The van der Waals surface area contributed by atoms with Crippen LogP contribution in [0.5, 0.6) is 5.75 Å². The van der Waals surface area contributed by atoms with E-state index in [0.29, 0.717) is 11.3 Å². The third kappa shape index (κ3) is 5.23. The number of nitrogens with zero attached hydrogens (tertiary/aromatic N) is 2. The number of rotatable bonds is 5. The number of nitriles is 1. The Morgan fingerprint density at radius 3 is 2.77 bits per heavy atom. The molecule has 0 bridgehead atoms. The normalized spacial score (nSPS) is 12.1. The molecule has 1 aromatic heterocycles. The summed E-state index contributed by atoms with van der Waals surface area (Å²) in [7, 11) is 0. The number of aryl methyl sites for hydroxylation is 1. The number of nitrogens with two attached hydrogens (primary N) is 1. The Morgan fingerprint density at radius 1 is 1.27 bits per heavy atom. The van der Waals surface area contributed by atoms with Crippen molar-refractivity contribution in [3.8, 4) is 32.8 Å². The molecule has 1 aliphatic carbocycles. The van der Waals surface area contributed by atoms with Crippen LogP contribution in [0.1, 0.15) is 43.9 Å². The van der Waals surface area contributed by atoms with Gasteiger partial charge in [0, 0.05) is 17.5 Å². The lowest BCUT2D eigenvalue weighted by Crippen LogP contribution is -2.06. The van der Waals surface area contributed by atoms with Crippen molar-refractivity contribution in [1.82, 2.24) is 4.98 Å². The molecule has 0 amide bonds. The molecule has 2 N–H and O–H groups in total. The van der Waals surface area contributed by atoms with Crippen molar-refractivity contribution in [2.75, 3.05) is 5.75 Å². The first-order valence-corrected chi connectivity index (χ1v) is 12.0. The van der Waals surface area contributed by atoms with Gasteiger partial charge in [-0.15, -0.1) is 11.3 Å². The van der Waals surface area contributed by atoms with Crippen molar-refractivity contribution >= 4 is 23.3 Å². The molecule has 1 heterocycles. The van der Waals surface area contributed by atoms with Crippen molar-refractivity contribution in [3.05, 3.63) is 59.3 Å². The second kappa shape index (κ2) is 10.6. The molecule has 156 valence electrons. The van der Waals surface area contributed by atoms with E-state index in [4.69, 9.17) is 9.88 Å². The summed E-state index contributed by atoms with van der Waals surface area (Å²) in [6.45, 7) is 5.94. The Morgan fingerprint density at radius 2 is 2.07 bits per heavy atom. The van der Waals surface area contributed by atoms with E-state index in [2.05, 4.69) is 29.3 Å². The van der Waals surface area contributed by atoms with Crippen LogP contribution >= 0.6 is 23.3 Å². The average Bonchev–Trinajstić information content (AvgIpc) is 3.43. The van der Waals surface area contributed by atoms with Crippen LogP contribution < -0.4 is 9.88 Å². The molecule has 30 heavy (non-hydrogen) atoms. The average molecular weight is 438 g/mol. The van der Waals surface area contributed by atoms with Gasteiger partial charge < -0.3 is 4.74 Å². The van der Waals surface area contributed by atoms with E-state index in [-0.39, 0.29) is 6.10 Å². The van der Waals surface area contributed by atoms with Gasteiger partial charge in [0.1, 0.15) is 16.8 Å². The van der Waals surface area contributed by atoms with Crippen molar-refractivity contribution < 1.29 is 4.74 Å². The van der Waals surface area contributed by atoms with Gasteiger partial charge in [-0.3, -0.25) is 5.14 Å². The number of ether oxygens (including phenoxy) is 1. The molecule has 4 rings (SSSR count). The van der Waals surface area contributed by atoms with Crippen LogP contribution in [0.2, 0.25) is 0 Å². The highest BCUT2D eigenvalue weighted by atomic mass is 32.2.